The minimum absolute atomic E-state index is 0.325. The van der Waals surface area contributed by atoms with Crippen LogP contribution >= 0.6 is 23.2 Å². The first-order valence-corrected chi connectivity index (χ1v) is 6.01. The number of rotatable bonds is 3. The van der Waals surface area contributed by atoms with Crippen molar-refractivity contribution < 1.29 is 4.74 Å². The van der Waals surface area contributed by atoms with E-state index >= 15 is 0 Å². The first-order valence-electron chi connectivity index (χ1n) is 5.25. The molecule has 0 saturated heterocycles. The summed E-state index contributed by atoms with van der Waals surface area (Å²) in [6.07, 6.45) is 4.29. The maximum atomic E-state index is 6.06. The van der Waals surface area contributed by atoms with Crippen molar-refractivity contribution in [1.29, 1.82) is 0 Å². The smallest absolute Gasteiger partial charge is 0.166 e. The molecule has 0 aromatic carbocycles. The molecule has 18 heavy (non-hydrogen) atoms. The summed E-state index contributed by atoms with van der Waals surface area (Å²) >= 11 is 12.1. The van der Waals surface area contributed by atoms with Gasteiger partial charge in [0.25, 0.3) is 0 Å². The summed E-state index contributed by atoms with van der Waals surface area (Å²) in [7, 11) is 0. The minimum Gasteiger partial charge on any atom is -0.482 e. The molecule has 94 valence electrons. The Labute approximate surface area is 115 Å². The Morgan fingerprint density at radius 2 is 1.94 bits per heavy atom. The van der Waals surface area contributed by atoms with Crippen LogP contribution in [-0.4, -0.2) is 9.97 Å². The van der Waals surface area contributed by atoms with Crippen LogP contribution in [-0.2, 0) is 0 Å². The molecule has 0 fully saturated rings. The molecule has 2 aromatic rings. The number of nitrogen functional groups attached to an aromatic ring is 1. The Kier molecular flexibility index (Phi) is 3.89. The third kappa shape index (κ3) is 2.66. The third-order valence-electron chi connectivity index (χ3n) is 2.40. The summed E-state index contributed by atoms with van der Waals surface area (Å²) in [5, 5.41) is 0.912. The molecular weight excluding hydrogens is 273 g/mol. The topological polar surface area (TPSA) is 61.0 Å². The Hall–Kier alpha value is -1.52. The molecular formula is C12H11Cl2N3O. The van der Waals surface area contributed by atoms with Gasteiger partial charge in [0.05, 0.1) is 10.0 Å². The van der Waals surface area contributed by atoms with Gasteiger partial charge in [-0.3, -0.25) is 4.98 Å². The molecule has 0 aliphatic carbocycles. The summed E-state index contributed by atoms with van der Waals surface area (Å²) in [6, 6.07) is 3.48. The van der Waals surface area contributed by atoms with Crippen LogP contribution in [0.1, 0.15) is 18.6 Å². The van der Waals surface area contributed by atoms with Crippen LogP contribution in [0.5, 0.6) is 5.75 Å². The van der Waals surface area contributed by atoms with Crippen LogP contribution in [0.4, 0.5) is 5.82 Å². The van der Waals surface area contributed by atoms with E-state index in [4.69, 9.17) is 33.7 Å². The number of nitrogens with two attached hydrogens (primary N) is 1. The molecule has 0 radical (unpaired) electrons. The number of hydrogen-bond acceptors (Lipinski definition) is 4. The van der Waals surface area contributed by atoms with E-state index in [9.17, 15) is 0 Å². The van der Waals surface area contributed by atoms with Crippen molar-refractivity contribution in [3.8, 4) is 5.75 Å². The van der Waals surface area contributed by atoms with Crippen molar-refractivity contribution in [3.63, 3.8) is 0 Å². The van der Waals surface area contributed by atoms with E-state index < -0.39 is 0 Å². The van der Waals surface area contributed by atoms with Crippen molar-refractivity contribution in [3.05, 3.63) is 46.3 Å². The van der Waals surface area contributed by atoms with Gasteiger partial charge in [-0.2, -0.15) is 0 Å². The predicted octanol–water partition coefficient (Wildman–Crippen LogP) is 3.51. The van der Waals surface area contributed by atoms with Gasteiger partial charge >= 0.3 is 0 Å². The maximum absolute atomic E-state index is 6.06. The zero-order valence-electron chi connectivity index (χ0n) is 9.60. The van der Waals surface area contributed by atoms with Crippen LogP contribution in [0.3, 0.4) is 0 Å². The van der Waals surface area contributed by atoms with E-state index in [0.717, 1.165) is 0 Å². The number of anilines is 1. The number of hydrogen-bond donors (Lipinski definition) is 1. The lowest BCUT2D eigenvalue weighted by molar-refractivity contribution is 0.227. The second-order valence-electron chi connectivity index (χ2n) is 3.66. The second kappa shape index (κ2) is 5.42. The normalized spacial score (nSPS) is 12.2. The van der Waals surface area contributed by atoms with E-state index in [1.54, 1.807) is 18.3 Å². The SMILES string of the molecule is CC(Oc1cccnc1N)c1c(Cl)cncc1Cl. The first kappa shape index (κ1) is 12.9. The number of pyridine rings is 2. The summed E-state index contributed by atoms with van der Waals surface area (Å²) in [5.74, 6) is 0.819. The highest BCUT2D eigenvalue weighted by Crippen LogP contribution is 2.33. The highest BCUT2D eigenvalue weighted by Gasteiger charge is 2.16. The second-order valence-corrected chi connectivity index (χ2v) is 4.48. The van der Waals surface area contributed by atoms with Crippen LogP contribution in [0.2, 0.25) is 10.0 Å². The van der Waals surface area contributed by atoms with Gasteiger partial charge in [0.1, 0.15) is 6.10 Å². The highest BCUT2D eigenvalue weighted by molar-refractivity contribution is 6.35. The summed E-state index contributed by atoms with van der Waals surface area (Å²) in [5.41, 5.74) is 6.39. The lowest BCUT2D eigenvalue weighted by atomic mass is 10.1. The highest BCUT2D eigenvalue weighted by atomic mass is 35.5. The van der Waals surface area contributed by atoms with Crippen LogP contribution in [0.25, 0.3) is 0 Å². The van der Waals surface area contributed by atoms with Crippen molar-refractivity contribution >= 4 is 29.0 Å². The monoisotopic (exact) mass is 283 g/mol. The van der Waals surface area contributed by atoms with Crippen LogP contribution < -0.4 is 10.5 Å². The van der Waals surface area contributed by atoms with Gasteiger partial charge in [0.2, 0.25) is 0 Å². The van der Waals surface area contributed by atoms with E-state index in [1.807, 2.05) is 6.92 Å². The fraction of sp³-hybridized carbons (Fsp3) is 0.167. The lowest BCUT2D eigenvalue weighted by Gasteiger charge is -2.17. The average Bonchev–Trinajstić information content (AvgIpc) is 2.32. The van der Waals surface area contributed by atoms with E-state index in [1.165, 1.54) is 12.4 Å². The molecule has 0 aliphatic rings. The summed E-state index contributed by atoms with van der Waals surface area (Å²) < 4.78 is 5.71. The molecule has 0 spiro atoms. The van der Waals surface area contributed by atoms with Gasteiger partial charge in [-0.1, -0.05) is 23.2 Å². The van der Waals surface area contributed by atoms with Crippen LogP contribution in [0, 0.1) is 0 Å². The molecule has 0 bridgehead atoms. The zero-order valence-corrected chi connectivity index (χ0v) is 11.1. The van der Waals surface area contributed by atoms with Crippen molar-refractivity contribution in [2.45, 2.75) is 13.0 Å². The molecule has 2 N–H and O–H groups in total. The third-order valence-corrected chi connectivity index (χ3v) is 3.00. The number of ether oxygens (including phenoxy) is 1. The molecule has 0 amide bonds. The summed E-state index contributed by atoms with van der Waals surface area (Å²) in [6.45, 7) is 1.83. The molecule has 6 heteroatoms. The standard InChI is InChI=1S/C12H11Cl2N3O/c1-7(11-8(13)5-16-6-9(11)14)18-10-3-2-4-17-12(10)15/h2-7H,1H3,(H2,15,17). The largest absolute Gasteiger partial charge is 0.482 e. The molecule has 1 unspecified atom stereocenters. The summed E-state index contributed by atoms with van der Waals surface area (Å²) in [4.78, 5) is 7.84. The number of halogens is 2. The van der Waals surface area contributed by atoms with Gasteiger partial charge < -0.3 is 10.5 Å². The maximum Gasteiger partial charge on any atom is 0.166 e. The number of aromatic nitrogens is 2. The van der Waals surface area contributed by atoms with Gasteiger partial charge in [-0.25, -0.2) is 4.98 Å². The van der Waals surface area contributed by atoms with Crippen molar-refractivity contribution in [1.82, 2.24) is 9.97 Å². The van der Waals surface area contributed by atoms with Gasteiger partial charge in [0, 0.05) is 24.2 Å². The fourth-order valence-corrected chi connectivity index (χ4v) is 2.23. The van der Waals surface area contributed by atoms with Gasteiger partial charge in [-0.05, 0) is 19.1 Å². The quantitative estimate of drug-likeness (QED) is 0.937. The molecule has 2 rings (SSSR count). The average molecular weight is 284 g/mol. The van der Waals surface area contributed by atoms with Crippen molar-refractivity contribution in [2.75, 3.05) is 5.73 Å². The van der Waals surface area contributed by atoms with Gasteiger partial charge in [-0.15, -0.1) is 0 Å². The lowest BCUT2D eigenvalue weighted by Crippen LogP contribution is -2.07. The van der Waals surface area contributed by atoms with Crippen LogP contribution in [0.15, 0.2) is 30.7 Å². The molecule has 4 nitrogen and oxygen atoms in total. The molecule has 2 heterocycles. The molecule has 0 aliphatic heterocycles. The molecule has 2 aromatic heterocycles. The van der Waals surface area contributed by atoms with E-state index in [-0.39, 0.29) is 6.10 Å². The minimum atomic E-state index is -0.348. The van der Waals surface area contributed by atoms with Gasteiger partial charge in [0.15, 0.2) is 11.6 Å². The fourth-order valence-electron chi connectivity index (χ4n) is 1.56. The molecule has 1 atom stereocenters. The van der Waals surface area contributed by atoms with Crippen molar-refractivity contribution in [2.24, 2.45) is 0 Å². The van der Waals surface area contributed by atoms with E-state index in [0.29, 0.717) is 27.2 Å². The number of nitrogens with zero attached hydrogens (tertiary/aromatic N) is 2. The Bertz CT molecular complexity index is 543. The first-order chi connectivity index (χ1) is 8.59. The molecule has 0 saturated carbocycles. The Morgan fingerprint density at radius 1 is 1.28 bits per heavy atom. The Morgan fingerprint density at radius 3 is 2.56 bits per heavy atom. The Balaban J connectivity index is 2.28. The zero-order chi connectivity index (χ0) is 13.1. The predicted molar refractivity (Wildman–Crippen MR) is 71.9 cm³/mol. The van der Waals surface area contributed by atoms with E-state index in [2.05, 4.69) is 9.97 Å².